The Morgan fingerprint density at radius 3 is 2.61 bits per heavy atom. The van der Waals surface area contributed by atoms with Crippen LogP contribution in [-0.2, 0) is 20.8 Å². The first-order chi connectivity index (χ1) is 15.9. The fourth-order valence-corrected chi connectivity index (χ4v) is 5.64. The Morgan fingerprint density at radius 2 is 1.91 bits per heavy atom. The zero-order valence-corrected chi connectivity index (χ0v) is 20.2. The standard InChI is InChI=1S/C25H38N4O4/c1-27(2)12-11-26-24(31)29(17-19-7-5-4-6-8-19)23(30)21-15-20-16-25(32-13-14-33-25)10-9-22(20)28(3)18-21/h4-8,20-22H,9-18H2,1-3H3,(H,26,31)/t20-,21-,22-/m1/s1. The lowest BCUT2D eigenvalue weighted by atomic mass is 9.72. The number of hydrogen-bond acceptors (Lipinski definition) is 6. The number of carbonyl (C=O) groups is 2. The molecule has 0 radical (unpaired) electrons. The molecule has 3 amide bonds. The number of nitrogens with one attached hydrogen (secondary N) is 1. The van der Waals surface area contributed by atoms with Crippen molar-refractivity contribution in [2.24, 2.45) is 11.8 Å². The van der Waals surface area contributed by atoms with Gasteiger partial charge >= 0.3 is 6.03 Å². The van der Waals surface area contributed by atoms with Crippen molar-refractivity contribution in [1.29, 1.82) is 0 Å². The lowest BCUT2D eigenvalue weighted by molar-refractivity contribution is -0.202. The quantitative estimate of drug-likeness (QED) is 0.704. The Hall–Kier alpha value is -2.00. The number of ether oxygens (including phenoxy) is 2. The van der Waals surface area contributed by atoms with Crippen LogP contribution in [0.5, 0.6) is 0 Å². The summed E-state index contributed by atoms with van der Waals surface area (Å²) in [5.74, 6) is -0.476. The van der Waals surface area contributed by atoms with Crippen LogP contribution in [0.25, 0.3) is 0 Å². The minimum atomic E-state index is -0.472. The van der Waals surface area contributed by atoms with E-state index in [9.17, 15) is 9.59 Å². The summed E-state index contributed by atoms with van der Waals surface area (Å²) < 4.78 is 12.0. The first-order valence-corrected chi connectivity index (χ1v) is 12.1. The second kappa shape index (κ2) is 10.5. The van der Waals surface area contributed by atoms with Gasteiger partial charge in [-0.1, -0.05) is 30.3 Å². The molecule has 3 aliphatic rings. The van der Waals surface area contributed by atoms with Crippen molar-refractivity contribution in [2.45, 2.75) is 44.1 Å². The van der Waals surface area contributed by atoms with E-state index in [1.807, 2.05) is 49.3 Å². The van der Waals surface area contributed by atoms with Crippen LogP contribution >= 0.6 is 0 Å². The van der Waals surface area contributed by atoms with Crippen molar-refractivity contribution in [2.75, 3.05) is 54.0 Å². The van der Waals surface area contributed by atoms with E-state index in [4.69, 9.17) is 9.47 Å². The van der Waals surface area contributed by atoms with Gasteiger partial charge < -0.3 is 24.6 Å². The molecule has 3 fully saturated rings. The van der Waals surface area contributed by atoms with E-state index in [0.29, 0.717) is 38.3 Å². The lowest BCUT2D eigenvalue weighted by Crippen LogP contribution is -2.57. The third-order valence-corrected chi connectivity index (χ3v) is 7.29. The number of hydrogen-bond donors (Lipinski definition) is 1. The van der Waals surface area contributed by atoms with Crippen LogP contribution in [0.2, 0.25) is 0 Å². The summed E-state index contributed by atoms with van der Waals surface area (Å²) in [5, 5.41) is 2.93. The van der Waals surface area contributed by atoms with Crippen molar-refractivity contribution in [3.63, 3.8) is 0 Å². The summed E-state index contributed by atoms with van der Waals surface area (Å²) in [5.41, 5.74) is 0.944. The third-order valence-electron chi connectivity index (χ3n) is 7.29. The Kier molecular flexibility index (Phi) is 7.69. The maximum atomic E-state index is 13.7. The zero-order valence-electron chi connectivity index (χ0n) is 20.2. The first-order valence-electron chi connectivity index (χ1n) is 12.1. The maximum Gasteiger partial charge on any atom is 0.324 e. The number of likely N-dealkylation sites (tertiary alicyclic amines) is 1. The summed E-state index contributed by atoms with van der Waals surface area (Å²) in [4.78, 5) is 32.6. The average molecular weight is 459 g/mol. The monoisotopic (exact) mass is 458 g/mol. The van der Waals surface area contributed by atoms with E-state index in [1.54, 1.807) is 0 Å². The highest BCUT2D eigenvalue weighted by molar-refractivity contribution is 5.95. The van der Waals surface area contributed by atoms with Gasteiger partial charge in [0, 0.05) is 38.5 Å². The molecule has 0 unspecified atom stereocenters. The highest BCUT2D eigenvalue weighted by atomic mass is 16.7. The molecule has 0 bridgehead atoms. The van der Waals surface area contributed by atoms with Gasteiger partial charge in [0.15, 0.2) is 5.79 Å². The second-order valence-corrected chi connectivity index (χ2v) is 10.00. The van der Waals surface area contributed by atoms with E-state index >= 15 is 0 Å². The fourth-order valence-electron chi connectivity index (χ4n) is 5.64. The zero-order chi connectivity index (χ0) is 23.4. The normalized spacial score (nSPS) is 26.8. The lowest BCUT2D eigenvalue weighted by Gasteiger charge is -2.49. The molecule has 1 aromatic rings. The van der Waals surface area contributed by atoms with E-state index in [2.05, 4.69) is 17.3 Å². The Balaban J connectivity index is 1.47. The van der Waals surface area contributed by atoms with Crippen LogP contribution in [0, 0.1) is 11.8 Å². The molecule has 1 spiro atoms. The van der Waals surface area contributed by atoms with Crippen LogP contribution in [0.15, 0.2) is 30.3 Å². The number of benzene rings is 1. The number of imide groups is 1. The number of amides is 3. The summed E-state index contributed by atoms with van der Waals surface area (Å²) >= 11 is 0. The van der Waals surface area contributed by atoms with Gasteiger partial charge in [-0.3, -0.25) is 9.69 Å². The molecule has 3 atom stereocenters. The smallest absolute Gasteiger partial charge is 0.324 e. The third kappa shape index (κ3) is 5.74. The minimum Gasteiger partial charge on any atom is -0.348 e. The Labute approximate surface area is 197 Å². The van der Waals surface area contributed by atoms with Gasteiger partial charge in [-0.15, -0.1) is 0 Å². The van der Waals surface area contributed by atoms with Gasteiger partial charge in [-0.25, -0.2) is 4.79 Å². The summed E-state index contributed by atoms with van der Waals surface area (Å²) in [6.45, 7) is 3.46. The van der Waals surface area contributed by atoms with E-state index in [0.717, 1.165) is 37.8 Å². The van der Waals surface area contributed by atoms with Crippen molar-refractivity contribution >= 4 is 11.9 Å². The molecule has 8 nitrogen and oxygen atoms in total. The van der Waals surface area contributed by atoms with Gasteiger partial charge in [0.05, 0.1) is 25.7 Å². The molecule has 2 saturated heterocycles. The fraction of sp³-hybridized carbons (Fsp3) is 0.680. The van der Waals surface area contributed by atoms with E-state index in [-0.39, 0.29) is 24.4 Å². The number of rotatable bonds is 6. The van der Waals surface area contributed by atoms with Crippen molar-refractivity contribution in [3.05, 3.63) is 35.9 Å². The molecular formula is C25H38N4O4. The summed E-state index contributed by atoms with van der Waals surface area (Å²) in [6, 6.07) is 9.83. The molecule has 33 heavy (non-hydrogen) atoms. The largest absolute Gasteiger partial charge is 0.348 e. The van der Waals surface area contributed by atoms with Crippen LogP contribution in [0.3, 0.4) is 0 Å². The van der Waals surface area contributed by atoms with Gasteiger partial charge in [-0.05, 0) is 45.5 Å². The van der Waals surface area contributed by atoms with Crippen LogP contribution in [0.1, 0.15) is 31.2 Å². The molecular weight excluding hydrogens is 420 g/mol. The molecule has 0 aromatic heterocycles. The van der Waals surface area contributed by atoms with Gasteiger partial charge in [0.25, 0.3) is 0 Å². The number of piperidine rings is 1. The predicted molar refractivity (Wildman–Crippen MR) is 125 cm³/mol. The van der Waals surface area contributed by atoms with Crippen LogP contribution in [0.4, 0.5) is 4.79 Å². The van der Waals surface area contributed by atoms with E-state index in [1.165, 1.54) is 4.90 Å². The molecule has 1 aliphatic carbocycles. The minimum absolute atomic E-state index is 0.0978. The first kappa shape index (κ1) is 24.1. The Morgan fingerprint density at radius 1 is 1.18 bits per heavy atom. The highest BCUT2D eigenvalue weighted by Crippen LogP contribution is 2.45. The number of fused-ring (bicyclic) bond motifs is 1. The number of urea groups is 1. The van der Waals surface area contributed by atoms with Crippen molar-refractivity contribution < 1.29 is 19.1 Å². The summed E-state index contributed by atoms with van der Waals surface area (Å²) in [6.07, 6.45) is 3.50. The number of carbonyl (C=O) groups excluding carboxylic acids is 2. The topological polar surface area (TPSA) is 74.4 Å². The molecule has 2 aliphatic heterocycles. The number of likely N-dealkylation sites (N-methyl/N-ethyl adjacent to an activating group) is 1. The van der Waals surface area contributed by atoms with Crippen molar-refractivity contribution in [3.8, 4) is 0 Å². The number of nitrogens with zero attached hydrogens (tertiary/aromatic N) is 3. The molecule has 182 valence electrons. The van der Waals surface area contributed by atoms with Gasteiger partial charge in [0.2, 0.25) is 5.91 Å². The Bertz CT molecular complexity index is 812. The molecule has 2 heterocycles. The molecule has 1 N–H and O–H groups in total. The van der Waals surface area contributed by atoms with Gasteiger partial charge in [0.1, 0.15) is 0 Å². The summed E-state index contributed by atoms with van der Waals surface area (Å²) in [7, 11) is 6.02. The maximum absolute atomic E-state index is 13.7. The molecule has 1 saturated carbocycles. The molecule has 8 heteroatoms. The van der Waals surface area contributed by atoms with Crippen LogP contribution in [-0.4, -0.2) is 92.5 Å². The highest BCUT2D eigenvalue weighted by Gasteiger charge is 2.49. The second-order valence-electron chi connectivity index (χ2n) is 10.00. The van der Waals surface area contributed by atoms with Gasteiger partial charge in [-0.2, -0.15) is 0 Å². The predicted octanol–water partition coefficient (Wildman–Crippen LogP) is 2.15. The van der Waals surface area contributed by atoms with Crippen LogP contribution < -0.4 is 5.32 Å². The molecule has 1 aromatic carbocycles. The van der Waals surface area contributed by atoms with E-state index < -0.39 is 5.79 Å². The average Bonchev–Trinajstić information content (AvgIpc) is 3.24. The SMILES string of the molecule is CN(C)CCNC(=O)N(Cc1ccccc1)C(=O)[C@@H]1C[C@@H]2CC3(CC[C@H]2N(C)C1)OCCO3. The molecule has 4 rings (SSSR count). The van der Waals surface area contributed by atoms with Crippen molar-refractivity contribution in [1.82, 2.24) is 20.0 Å².